The predicted octanol–water partition coefficient (Wildman–Crippen LogP) is 4.04. The van der Waals surface area contributed by atoms with E-state index in [2.05, 4.69) is 9.64 Å². The van der Waals surface area contributed by atoms with E-state index in [0.717, 1.165) is 18.8 Å². The Bertz CT molecular complexity index is 868. The first-order valence-corrected chi connectivity index (χ1v) is 9.38. The number of benzene rings is 2. The van der Waals surface area contributed by atoms with Crippen LogP contribution in [0.15, 0.2) is 42.5 Å². The maximum Gasteiger partial charge on any atom is 0.387 e. The van der Waals surface area contributed by atoms with Gasteiger partial charge in [-0.1, -0.05) is 6.08 Å². The highest BCUT2D eigenvalue weighted by molar-refractivity contribution is 6.07. The van der Waals surface area contributed by atoms with Crippen LogP contribution in [-0.4, -0.2) is 52.9 Å². The van der Waals surface area contributed by atoms with Crippen molar-refractivity contribution in [3.63, 3.8) is 0 Å². The van der Waals surface area contributed by atoms with Crippen LogP contribution in [0.3, 0.4) is 0 Å². The van der Waals surface area contributed by atoms with Gasteiger partial charge in [-0.3, -0.25) is 4.79 Å². The van der Waals surface area contributed by atoms with E-state index < -0.39 is 6.61 Å². The average Bonchev–Trinajstić information content (AvgIpc) is 2.78. The van der Waals surface area contributed by atoms with Gasteiger partial charge in [-0.15, -0.1) is 0 Å². The SMILES string of the molecule is COc1cc(/C=C/C(=O)c2ccc(N3CCOCC3)cc2)cc(OC)c1OC(F)F. The Kier molecular flexibility index (Phi) is 7.24. The molecule has 0 saturated carbocycles. The Morgan fingerprint density at radius 2 is 1.67 bits per heavy atom. The molecule has 0 N–H and O–H groups in total. The number of hydrogen-bond acceptors (Lipinski definition) is 6. The van der Waals surface area contributed by atoms with Crippen molar-refractivity contribution in [1.29, 1.82) is 0 Å². The van der Waals surface area contributed by atoms with E-state index >= 15 is 0 Å². The van der Waals surface area contributed by atoms with E-state index in [-0.39, 0.29) is 23.0 Å². The van der Waals surface area contributed by atoms with Crippen molar-refractivity contribution in [1.82, 2.24) is 0 Å². The minimum atomic E-state index is -3.02. The average molecular weight is 419 g/mol. The standard InChI is InChI=1S/C22H23F2NO5/c1-27-19-13-15(14-20(28-2)21(19)30-22(23)24)3-8-18(26)16-4-6-17(7-5-16)25-9-11-29-12-10-25/h3-8,13-14,22H,9-12H2,1-2H3/b8-3+. The fourth-order valence-corrected chi connectivity index (χ4v) is 3.13. The molecule has 1 aliphatic heterocycles. The van der Waals surface area contributed by atoms with Crippen LogP contribution in [0.4, 0.5) is 14.5 Å². The number of anilines is 1. The largest absolute Gasteiger partial charge is 0.493 e. The topological polar surface area (TPSA) is 57.2 Å². The summed E-state index contributed by atoms with van der Waals surface area (Å²) in [5, 5.41) is 0. The maximum absolute atomic E-state index is 12.6. The first-order chi connectivity index (χ1) is 14.5. The minimum Gasteiger partial charge on any atom is -0.493 e. The molecule has 0 aromatic heterocycles. The van der Waals surface area contributed by atoms with E-state index in [1.54, 1.807) is 18.2 Å². The van der Waals surface area contributed by atoms with Crippen LogP contribution in [0.1, 0.15) is 15.9 Å². The zero-order valence-electron chi connectivity index (χ0n) is 16.8. The molecule has 1 heterocycles. The van der Waals surface area contributed by atoms with E-state index in [1.165, 1.54) is 32.4 Å². The van der Waals surface area contributed by atoms with Gasteiger partial charge in [0.15, 0.2) is 17.3 Å². The molecule has 8 heteroatoms. The van der Waals surface area contributed by atoms with Gasteiger partial charge in [0.1, 0.15) is 0 Å². The van der Waals surface area contributed by atoms with Crippen LogP contribution >= 0.6 is 0 Å². The number of ether oxygens (including phenoxy) is 4. The molecule has 2 aromatic rings. The molecule has 1 aliphatic rings. The van der Waals surface area contributed by atoms with Gasteiger partial charge in [0, 0.05) is 24.3 Å². The number of carbonyl (C=O) groups excluding carboxylic acids is 1. The molecule has 0 radical (unpaired) electrons. The van der Waals surface area contributed by atoms with Gasteiger partial charge in [0.2, 0.25) is 5.75 Å². The van der Waals surface area contributed by atoms with Crippen LogP contribution in [0.25, 0.3) is 6.08 Å². The molecule has 3 rings (SSSR count). The molecule has 0 amide bonds. The molecule has 0 aliphatic carbocycles. The molecule has 1 fully saturated rings. The van der Waals surface area contributed by atoms with Crippen molar-refractivity contribution in [2.45, 2.75) is 6.61 Å². The molecule has 1 saturated heterocycles. The molecule has 2 aromatic carbocycles. The quantitative estimate of drug-likeness (QED) is 0.476. The summed E-state index contributed by atoms with van der Waals surface area (Å²) in [6, 6.07) is 10.4. The van der Waals surface area contributed by atoms with Crippen molar-refractivity contribution >= 4 is 17.5 Å². The lowest BCUT2D eigenvalue weighted by Crippen LogP contribution is -2.36. The summed E-state index contributed by atoms with van der Waals surface area (Å²) in [6.07, 6.45) is 2.97. The lowest BCUT2D eigenvalue weighted by atomic mass is 10.1. The number of nitrogens with zero attached hydrogens (tertiary/aromatic N) is 1. The number of rotatable bonds is 8. The van der Waals surface area contributed by atoms with Crippen LogP contribution in [0, 0.1) is 0 Å². The van der Waals surface area contributed by atoms with E-state index in [4.69, 9.17) is 14.2 Å². The number of allylic oxidation sites excluding steroid dienone is 1. The first-order valence-electron chi connectivity index (χ1n) is 9.38. The Balaban J connectivity index is 1.75. The molecular weight excluding hydrogens is 396 g/mol. The highest BCUT2D eigenvalue weighted by atomic mass is 19.3. The molecule has 6 nitrogen and oxygen atoms in total. The number of carbonyl (C=O) groups is 1. The maximum atomic E-state index is 12.6. The van der Waals surface area contributed by atoms with Crippen molar-refractivity contribution < 1.29 is 32.5 Å². The molecule has 0 unspecified atom stereocenters. The highest BCUT2D eigenvalue weighted by Gasteiger charge is 2.18. The number of halogens is 2. The summed E-state index contributed by atoms with van der Waals surface area (Å²) in [6.45, 7) is 0.00962. The highest BCUT2D eigenvalue weighted by Crippen LogP contribution is 2.39. The number of ketones is 1. The van der Waals surface area contributed by atoms with E-state index in [1.807, 2.05) is 12.1 Å². The second kappa shape index (κ2) is 10.1. The Labute approximate surface area is 173 Å². The van der Waals surface area contributed by atoms with Gasteiger partial charge in [-0.2, -0.15) is 8.78 Å². The normalized spacial score (nSPS) is 14.2. The second-order valence-electron chi connectivity index (χ2n) is 6.48. The summed E-state index contributed by atoms with van der Waals surface area (Å²) in [5.74, 6) is -0.222. The summed E-state index contributed by atoms with van der Waals surface area (Å²) in [5.41, 5.74) is 2.13. The van der Waals surface area contributed by atoms with Gasteiger partial charge < -0.3 is 23.8 Å². The Hall–Kier alpha value is -3.13. The summed E-state index contributed by atoms with van der Waals surface area (Å²) >= 11 is 0. The van der Waals surface area contributed by atoms with Crippen LogP contribution in [0.5, 0.6) is 17.2 Å². The van der Waals surface area contributed by atoms with Gasteiger partial charge in [-0.05, 0) is 48.0 Å². The van der Waals surface area contributed by atoms with Crippen molar-refractivity contribution in [2.24, 2.45) is 0 Å². The first kappa shape index (κ1) is 21.6. The molecule has 160 valence electrons. The Morgan fingerprint density at radius 1 is 1.07 bits per heavy atom. The van der Waals surface area contributed by atoms with E-state index in [0.29, 0.717) is 24.3 Å². The molecule has 0 bridgehead atoms. The molecule has 0 spiro atoms. The smallest absolute Gasteiger partial charge is 0.387 e. The van der Waals surface area contributed by atoms with E-state index in [9.17, 15) is 13.6 Å². The molecule has 0 atom stereocenters. The van der Waals surface area contributed by atoms with Crippen LogP contribution < -0.4 is 19.1 Å². The third-order valence-corrected chi connectivity index (χ3v) is 4.65. The number of methoxy groups -OCH3 is 2. The third-order valence-electron chi connectivity index (χ3n) is 4.65. The van der Waals surface area contributed by atoms with Crippen molar-refractivity contribution in [3.8, 4) is 17.2 Å². The van der Waals surface area contributed by atoms with Gasteiger partial charge >= 0.3 is 6.61 Å². The van der Waals surface area contributed by atoms with Crippen molar-refractivity contribution in [3.05, 3.63) is 53.6 Å². The lowest BCUT2D eigenvalue weighted by molar-refractivity contribution is -0.0526. The fraction of sp³-hybridized carbons (Fsp3) is 0.318. The summed E-state index contributed by atoms with van der Waals surface area (Å²) < 4.78 is 45.4. The monoisotopic (exact) mass is 419 g/mol. The Morgan fingerprint density at radius 3 is 2.20 bits per heavy atom. The van der Waals surface area contributed by atoms with Crippen LogP contribution in [0.2, 0.25) is 0 Å². The zero-order chi connectivity index (χ0) is 21.5. The number of alkyl halides is 2. The number of hydrogen-bond donors (Lipinski definition) is 0. The van der Waals surface area contributed by atoms with Gasteiger partial charge in [0.05, 0.1) is 27.4 Å². The fourth-order valence-electron chi connectivity index (χ4n) is 3.13. The summed E-state index contributed by atoms with van der Waals surface area (Å²) in [4.78, 5) is 14.7. The second-order valence-corrected chi connectivity index (χ2v) is 6.48. The van der Waals surface area contributed by atoms with Crippen molar-refractivity contribution in [2.75, 3.05) is 45.4 Å². The minimum absolute atomic E-state index is 0.0802. The number of morpholine rings is 1. The van der Waals surface area contributed by atoms with Crippen LogP contribution in [-0.2, 0) is 4.74 Å². The zero-order valence-corrected chi connectivity index (χ0v) is 16.8. The van der Waals surface area contributed by atoms with Gasteiger partial charge in [-0.25, -0.2) is 0 Å². The third kappa shape index (κ3) is 5.27. The summed E-state index contributed by atoms with van der Waals surface area (Å²) in [7, 11) is 2.67. The lowest BCUT2D eigenvalue weighted by Gasteiger charge is -2.28. The van der Waals surface area contributed by atoms with Gasteiger partial charge in [0.25, 0.3) is 0 Å². The molecular formula is C22H23F2NO5. The molecule has 30 heavy (non-hydrogen) atoms. The predicted molar refractivity (Wildman–Crippen MR) is 109 cm³/mol.